The molecule has 3 heterocycles. The number of hydrogen-bond donors (Lipinski definition) is 0. The van der Waals surface area contributed by atoms with Crippen molar-refractivity contribution >= 4 is 11.7 Å². The third-order valence-corrected chi connectivity index (χ3v) is 4.85. The highest BCUT2D eigenvalue weighted by Crippen LogP contribution is 2.28. The van der Waals surface area contributed by atoms with Gasteiger partial charge in [0.05, 0.1) is 0 Å². The molecule has 0 radical (unpaired) electrons. The number of aryl methyl sites for hydroxylation is 2. The first-order valence-electron chi connectivity index (χ1n) is 9.29. The van der Waals surface area contributed by atoms with Gasteiger partial charge in [-0.1, -0.05) is 12.1 Å². The van der Waals surface area contributed by atoms with Gasteiger partial charge < -0.3 is 14.3 Å². The van der Waals surface area contributed by atoms with E-state index in [1.54, 1.807) is 0 Å². The Morgan fingerprint density at radius 1 is 1.42 bits per heavy atom. The van der Waals surface area contributed by atoms with Crippen LogP contribution in [0.1, 0.15) is 49.4 Å². The van der Waals surface area contributed by atoms with Crippen LogP contribution in [0.3, 0.4) is 0 Å². The van der Waals surface area contributed by atoms with Crippen LogP contribution in [0.5, 0.6) is 0 Å². The van der Waals surface area contributed by atoms with E-state index in [1.807, 2.05) is 37.0 Å². The number of aromatic nitrogens is 3. The summed E-state index contributed by atoms with van der Waals surface area (Å²) in [4.78, 5) is 25.2. The van der Waals surface area contributed by atoms with E-state index in [9.17, 15) is 4.79 Å². The molecular weight excluding hydrogens is 330 g/mol. The largest absolute Gasteiger partial charge is 0.363 e. The van der Waals surface area contributed by atoms with Crippen molar-refractivity contribution in [3.8, 4) is 0 Å². The quantitative estimate of drug-likeness (QED) is 0.790. The molecule has 2 aromatic rings. The predicted molar refractivity (Wildman–Crippen MR) is 99.1 cm³/mol. The van der Waals surface area contributed by atoms with Gasteiger partial charge >= 0.3 is 0 Å². The second kappa shape index (κ2) is 8.29. The van der Waals surface area contributed by atoms with Crippen molar-refractivity contribution < 1.29 is 9.32 Å². The van der Waals surface area contributed by atoms with Crippen LogP contribution in [0.2, 0.25) is 0 Å². The van der Waals surface area contributed by atoms with Crippen molar-refractivity contribution in [1.82, 2.24) is 20.0 Å². The molecule has 1 atom stereocenters. The summed E-state index contributed by atoms with van der Waals surface area (Å²) in [7, 11) is 3.98. The smallest absolute Gasteiger partial charge is 0.227 e. The molecule has 0 saturated carbocycles. The number of piperidine rings is 1. The van der Waals surface area contributed by atoms with Crippen molar-refractivity contribution in [2.45, 2.75) is 44.9 Å². The Balaban J connectivity index is 1.58. The monoisotopic (exact) mass is 357 g/mol. The molecule has 0 bridgehead atoms. The summed E-state index contributed by atoms with van der Waals surface area (Å²) in [5.41, 5.74) is 1.26. The number of pyridine rings is 1. The molecule has 140 valence electrons. The van der Waals surface area contributed by atoms with Gasteiger partial charge in [0.2, 0.25) is 11.8 Å². The lowest BCUT2D eigenvalue weighted by Gasteiger charge is -2.33. The van der Waals surface area contributed by atoms with Gasteiger partial charge in [-0.15, -0.1) is 0 Å². The lowest BCUT2D eigenvalue weighted by Crippen LogP contribution is -2.39. The summed E-state index contributed by atoms with van der Waals surface area (Å²) < 4.78 is 5.18. The summed E-state index contributed by atoms with van der Waals surface area (Å²) in [6.45, 7) is 3.57. The Labute approximate surface area is 154 Å². The van der Waals surface area contributed by atoms with E-state index in [0.29, 0.717) is 30.5 Å². The number of amides is 1. The van der Waals surface area contributed by atoms with Crippen molar-refractivity contribution in [2.75, 3.05) is 32.1 Å². The topological polar surface area (TPSA) is 75.4 Å². The zero-order valence-electron chi connectivity index (χ0n) is 15.8. The van der Waals surface area contributed by atoms with Gasteiger partial charge in [-0.2, -0.15) is 4.98 Å². The van der Waals surface area contributed by atoms with Gasteiger partial charge in [0, 0.05) is 58.6 Å². The third kappa shape index (κ3) is 4.39. The Morgan fingerprint density at radius 2 is 2.27 bits per heavy atom. The van der Waals surface area contributed by atoms with Gasteiger partial charge in [-0.25, -0.2) is 4.98 Å². The van der Waals surface area contributed by atoms with Crippen LogP contribution >= 0.6 is 0 Å². The fourth-order valence-electron chi connectivity index (χ4n) is 3.32. The summed E-state index contributed by atoms with van der Waals surface area (Å²) in [5, 5.41) is 3.88. The van der Waals surface area contributed by atoms with Crippen LogP contribution in [0.4, 0.5) is 5.82 Å². The maximum absolute atomic E-state index is 12.6. The van der Waals surface area contributed by atoms with Gasteiger partial charge in [0.25, 0.3) is 0 Å². The number of likely N-dealkylation sites (tertiary alicyclic amines) is 1. The summed E-state index contributed by atoms with van der Waals surface area (Å²) in [6, 6.07) is 4.19. The van der Waals surface area contributed by atoms with E-state index in [-0.39, 0.29) is 5.91 Å². The maximum atomic E-state index is 12.6. The highest BCUT2D eigenvalue weighted by Gasteiger charge is 2.25. The molecule has 0 unspecified atom stereocenters. The molecule has 3 rings (SSSR count). The molecule has 26 heavy (non-hydrogen) atoms. The predicted octanol–water partition coefficient (Wildman–Crippen LogP) is 2.43. The lowest BCUT2D eigenvalue weighted by atomic mass is 9.91. The van der Waals surface area contributed by atoms with Gasteiger partial charge in [0.15, 0.2) is 5.82 Å². The molecule has 1 amide bonds. The van der Waals surface area contributed by atoms with Crippen molar-refractivity contribution in [1.29, 1.82) is 0 Å². The van der Waals surface area contributed by atoms with Crippen LogP contribution in [0.25, 0.3) is 0 Å². The average Bonchev–Trinajstić information content (AvgIpc) is 3.14. The average molecular weight is 357 g/mol. The minimum atomic E-state index is 0.160. The Morgan fingerprint density at radius 3 is 3.00 bits per heavy atom. The van der Waals surface area contributed by atoms with E-state index < -0.39 is 0 Å². The van der Waals surface area contributed by atoms with Crippen LogP contribution in [-0.4, -0.2) is 53.1 Å². The standard InChI is InChI=1S/C19H27N5O2/c1-4-16-21-18(26-22-16)7-8-19(25)24-11-5-6-15(13-24)14-9-10-20-17(12-14)23(2)3/h9-10,12,15H,4-8,11,13H2,1-3H3/t15-/m1/s1. The zero-order chi connectivity index (χ0) is 18.5. The molecule has 1 aliphatic heterocycles. The first-order chi connectivity index (χ1) is 12.6. The number of anilines is 1. The van der Waals surface area contributed by atoms with Gasteiger partial charge in [-0.3, -0.25) is 4.79 Å². The van der Waals surface area contributed by atoms with E-state index in [0.717, 1.165) is 38.2 Å². The van der Waals surface area contributed by atoms with E-state index in [2.05, 4.69) is 27.3 Å². The minimum Gasteiger partial charge on any atom is -0.363 e. The van der Waals surface area contributed by atoms with E-state index in [1.165, 1.54) is 5.56 Å². The van der Waals surface area contributed by atoms with Crippen LogP contribution < -0.4 is 4.90 Å². The third-order valence-electron chi connectivity index (χ3n) is 4.85. The molecule has 1 fully saturated rings. The highest BCUT2D eigenvalue weighted by molar-refractivity contribution is 5.76. The molecule has 2 aromatic heterocycles. The molecule has 1 aliphatic rings. The fraction of sp³-hybridized carbons (Fsp3) is 0.579. The van der Waals surface area contributed by atoms with Gasteiger partial charge in [-0.05, 0) is 30.5 Å². The second-order valence-electron chi connectivity index (χ2n) is 6.98. The first-order valence-corrected chi connectivity index (χ1v) is 9.29. The van der Waals surface area contributed by atoms with Crippen molar-refractivity contribution in [2.24, 2.45) is 0 Å². The van der Waals surface area contributed by atoms with Crippen LogP contribution in [0, 0.1) is 0 Å². The Bertz CT molecular complexity index is 743. The second-order valence-corrected chi connectivity index (χ2v) is 6.98. The molecule has 0 N–H and O–H groups in total. The summed E-state index contributed by atoms with van der Waals surface area (Å²) in [5.74, 6) is 2.72. The number of nitrogens with zero attached hydrogens (tertiary/aromatic N) is 5. The first kappa shape index (κ1) is 18.4. The highest BCUT2D eigenvalue weighted by atomic mass is 16.5. The van der Waals surface area contributed by atoms with E-state index >= 15 is 0 Å². The minimum absolute atomic E-state index is 0.160. The molecule has 0 aromatic carbocycles. The Kier molecular flexibility index (Phi) is 5.85. The molecule has 1 saturated heterocycles. The number of hydrogen-bond acceptors (Lipinski definition) is 6. The fourth-order valence-corrected chi connectivity index (χ4v) is 3.32. The SMILES string of the molecule is CCc1noc(CCC(=O)N2CCC[C@@H](c3ccnc(N(C)C)c3)C2)n1. The van der Waals surface area contributed by atoms with E-state index in [4.69, 9.17) is 4.52 Å². The summed E-state index contributed by atoms with van der Waals surface area (Å²) >= 11 is 0. The maximum Gasteiger partial charge on any atom is 0.227 e. The zero-order valence-corrected chi connectivity index (χ0v) is 15.8. The molecular formula is C19H27N5O2. The summed E-state index contributed by atoms with van der Waals surface area (Å²) in [6.07, 6.45) is 5.64. The lowest BCUT2D eigenvalue weighted by molar-refractivity contribution is -0.132. The van der Waals surface area contributed by atoms with Gasteiger partial charge in [0.1, 0.15) is 5.82 Å². The molecule has 7 nitrogen and oxygen atoms in total. The van der Waals surface area contributed by atoms with Crippen LogP contribution in [0.15, 0.2) is 22.9 Å². The van der Waals surface area contributed by atoms with Crippen molar-refractivity contribution in [3.05, 3.63) is 35.6 Å². The molecule has 7 heteroatoms. The number of carbonyl (C=O) groups is 1. The number of carbonyl (C=O) groups excluding carboxylic acids is 1. The Hall–Kier alpha value is -2.44. The van der Waals surface area contributed by atoms with Crippen molar-refractivity contribution in [3.63, 3.8) is 0 Å². The molecule has 0 spiro atoms. The van der Waals surface area contributed by atoms with Crippen LogP contribution in [-0.2, 0) is 17.6 Å². The number of rotatable bonds is 6. The molecule has 0 aliphatic carbocycles. The normalized spacial score (nSPS) is 17.3.